The van der Waals surface area contributed by atoms with Gasteiger partial charge in [-0.15, -0.1) is 0 Å². The van der Waals surface area contributed by atoms with Crippen molar-refractivity contribution in [2.24, 2.45) is 0 Å². The van der Waals surface area contributed by atoms with Gasteiger partial charge in [-0.2, -0.15) is 0 Å². The monoisotopic (exact) mass is 154 g/mol. The number of rotatable bonds is 4. The summed E-state index contributed by atoms with van der Waals surface area (Å²) < 4.78 is 4.78. The van der Waals surface area contributed by atoms with Gasteiger partial charge in [0, 0.05) is 5.57 Å². The van der Waals surface area contributed by atoms with E-state index < -0.39 is 0 Å². The number of ether oxygens (including phenoxy) is 1. The Bertz CT molecular complexity index is 168. The minimum absolute atomic E-state index is 0.328. The van der Waals surface area contributed by atoms with Gasteiger partial charge >= 0.3 is 5.97 Å². The molecule has 0 bridgehead atoms. The molecule has 0 aromatic carbocycles. The first-order chi connectivity index (χ1) is 5.18. The van der Waals surface area contributed by atoms with Crippen LogP contribution in [0.1, 0.15) is 20.3 Å². The molecule has 0 rings (SSSR count). The van der Waals surface area contributed by atoms with Gasteiger partial charge in [-0.25, -0.2) is 4.79 Å². The van der Waals surface area contributed by atoms with Crippen molar-refractivity contribution in [1.82, 2.24) is 0 Å². The minimum Gasteiger partial charge on any atom is -0.458 e. The summed E-state index contributed by atoms with van der Waals surface area (Å²) in [6, 6.07) is 0. The molecule has 0 amide bonds. The quantitative estimate of drug-likeness (QED) is 0.352. The summed E-state index contributed by atoms with van der Waals surface area (Å²) in [7, 11) is 0. The molecule has 0 aliphatic heterocycles. The van der Waals surface area contributed by atoms with Gasteiger partial charge in [0.1, 0.15) is 6.61 Å². The fourth-order valence-electron chi connectivity index (χ4n) is 0.482. The Balaban J connectivity index is 3.47. The van der Waals surface area contributed by atoms with Crippen molar-refractivity contribution in [2.45, 2.75) is 20.3 Å². The Kier molecular flexibility index (Phi) is 5.17. The molecule has 0 aliphatic rings. The van der Waals surface area contributed by atoms with Gasteiger partial charge in [0.25, 0.3) is 0 Å². The fraction of sp³-hybridized carbons (Fsp3) is 0.444. The third-order valence-electron chi connectivity index (χ3n) is 1.06. The summed E-state index contributed by atoms with van der Waals surface area (Å²) in [6.45, 7) is 7.46. The molecule has 62 valence electrons. The van der Waals surface area contributed by atoms with E-state index in [0.717, 1.165) is 6.42 Å². The summed E-state index contributed by atoms with van der Waals surface area (Å²) >= 11 is 0. The Morgan fingerprint density at radius 2 is 2.18 bits per heavy atom. The van der Waals surface area contributed by atoms with Crippen molar-refractivity contribution < 1.29 is 9.53 Å². The van der Waals surface area contributed by atoms with Gasteiger partial charge in [0.2, 0.25) is 0 Å². The smallest absolute Gasteiger partial charge is 0.333 e. The molecule has 0 fully saturated rings. The topological polar surface area (TPSA) is 26.3 Å². The van der Waals surface area contributed by atoms with Crippen molar-refractivity contribution in [3.63, 3.8) is 0 Å². The van der Waals surface area contributed by atoms with Crippen LogP contribution in [0, 0.1) is 0 Å². The predicted octanol–water partition coefficient (Wildman–Crippen LogP) is 2.07. The van der Waals surface area contributed by atoms with Gasteiger partial charge in [-0.05, 0) is 13.3 Å². The maximum atomic E-state index is 10.8. The molecule has 2 nitrogen and oxygen atoms in total. The van der Waals surface area contributed by atoms with Gasteiger partial charge in [0.15, 0.2) is 0 Å². The van der Waals surface area contributed by atoms with Crippen LogP contribution in [0.2, 0.25) is 0 Å². The van der Waals surface area contributed by atoms with Crippen molar-refractivity contribution in [3.05, 3.63) is 24.3 Å². The highest BCUT2D eigenvalue weighted by atomic mass is 16.5. The standard InChI is InChI=1S/C9H14O2/c1-4-5-6-7-11-9(10)8(2)3/h5-6H,2,4,7H2,1,3H3. The third kappa shape index (κ3) is 5.40. The van der Waals surface area contributed by atoms with Crippen molar-refractivity contribution in [2.75, 3.05) is 6.61 Å². The highest BCUT2D eigenvalue weighted by Crippen LogP contribution is 1.91. The molecule has 0 heterocycles. The molecule has 0 aromatic heterocycles. The molecule has 0 saturated carbocycles. The van der Waals surface area contributed by atoms with E-state index in [1.165, 1.54) is 0 Å². The van der Waals surface area contributed by atoms with Crippen LogP contribution in [-0.4, -0.2) is 12.6 Å². The number of hydrogen-bond donors (Lipinski definition) is 0. The van der Waals surface area contributed by atoms with Crippen LogP contribution in [0.4, 0.5) is 0 Å². The Labute approximate surface area is 67.6 Å². The molecule has 0 spiro atoms. The van der Waals surface area contributed by atoms with E-state index in [1.54, 1.807) is 6.92 Å². The summed E-state index contributed by atoms with van der Waals surface area (Å²) in [5, 5.41) is 0. The van der Waals surface area contributed by atoms with Crippen LogP contribution in [0.25, 0.3) is 0 Å². The molecule has 0 saturated heterocycles. The van der Waals surface area contributed by atoms with Gasteiger partial charge in [0.05, 0.1) is 0 Å². The zero-order valence-corrected chi connectivity index (χ0v) is 7.09. The van der Waals surface area contributed by atoms with Crippen molar-refractivity contribution in [3.8, 4) is 0 Å². The zero-order chi connectivity index (χ0) is 8.69. The van der Waals surface area contributed by atoms with E-state index in [4.69, 9.17) is 4.74 Å². The van der Waals surface area contributed by atoms with Crippen LogP contribution in [0.15, 0.2) is 24.3 Å². The van der Waals surface area contributed by atoms with Crippen LogP contribution in [0.3, 0.4) is 0 Å². The first kappa shape index (κ1) is 9.95. The van der Waals surface area contributed by atoms with E-state index in [1.807, 2.05) is 19.1 Å². The molecular weight excluding hydrogens is 140 g/mol. The SMILES string of the molecule is C=C(C)C(=O)OCC=CCC. The lowest BCUT2D eigenvalue weighted by Gasteiger charge is -1.98. The zero-order valence-electron chi connectivity index (χ0n) is 7.09. The second kappa shape index (κ2) is 5.71. The molecule has 0 N–H and O–H groups in total. The lowest BCUT2D eigenvalue weighted by Crippen LogP contribution is -2.04. The van der Waals surface area contributed by atoms with E-state index in [9.17, 15) is 4.79 Å². The highest BCUT2D eigenvalue weighted by Gasteiger charge is 1.99. The Morgan fingerprint density at radius 3 is 2.64 bits per heavy atom. The molecule has 0 unspecified atom stereocenters. The van der Waals surface area contributed by atoms with Gasteiger partial charge < -0.3 is 4.74 Å². The predicted molar refractivity (Wildman–Crippen MR) is 45.2 cm³/mol. The largest absolute Gasteiger partial charge is 0.458 e. The molecule has 0 atom stereocenters. The summed E-state index contributed by atoms with van der Waals surface area (Å²) in [5.74, 6) is -0.328. The normalized spacial score (nSPS) is 10.0. The molecule has 11 heavy (non-hydrogen) atoms. The lowest BCUT2D eigenvalue weighted by molar-refractivity contribution is -0.137. The molecule has 0 aromatic rings. The number of carbonyl (C=O) groups excluding carboxylic acids is 1. The maximum Gasteiger partial charge on any atom is 0.333 e. The average Bonchev–Trinajstić information content (AvgIpc) is 1.97. The van der Waals surface area contributed by atoms with E-state index in [-0.39, 0.29) is 5.97 Å². The Morgan fingerprint density at radius 1 is 1.55 bits per heavy atom. The lowest BCUT2D eigenvalue weighted by atomic mass is 10.4. The second-order valence-electron chi connectivity index (χ2n) is 2.26. The summed E-state index contributed by atoms with van der Waals surface area (Å²) in [6.07, 6.45) is 4.73. The average molecular weight is 154 g/mol. The van der Waals surface area contributed by atoms with E-state index in [2.05, 4.69) is 6.58 Å². The number of carbonyl (C=O) groups is 1. The molecule has 0 aliphatic carbocycles. The Hall–Kier alpha value is -1.05. The molecule has 0 radical (unpaired) electrons. The summed E-state index contributed by atoms with van der Waals surface area (Å²) in [4.78, 5) is 10.8. The number of esters is 1. The van der Waals surface area contributed by atoms with E-state index in [0.29, 0.717) is 12.2 Å². The first-order valence-electron chi connectivity index (χ1n) is 3.66. The fourth-order valence-corrected chi connectivity index (χ4v) is 0.482. The van der Waals surface area contributed by atoms with Crippen molar-refractivity contribution >= 4 is 5.97 Å². The van der Waals surface area contributed by atoms with E-state index >= 15 is 0 Å². The maximum absolute atomic E-state index is 10.8. The first-order valence-corrected chi connectivity index (χ1v) is 3.66. The van der Waals surface area contributed by atoms with Crippen LogP contribution < -0.4 is 0 Å². The third-order valence-corrected chi connectivity index (χ3v) is 1.06. The van der Waals surface area contributed by atoms with Gasteiger partial charge in [-0.1, -0.05) is 25.7 Å². The van der Waals surface area contributed by atoms with Crippen LogP contribution >= 0.6 is 0 Å². The second-order valence-corrected chi connectivity index (χ2v) is 2.26. The van der Waals surface area contributed by atoms with Crippen LogP contribution in [0.5, 0.6) is 0 Å². The van der Waals surface area contributed by atoms with Crippen molar-refractivity contribution in [1.29, 1.82) is 0 Å². The number of hydrogen-bond acceptors (Lipinski definition) is 2. The molecule has 2 heteroatoms. The van der Waals surface area contributed by atoms with Crippen LogP contribution in [-0.2, 0) is 9.53 Å². The highest BCUT2D eigenvalue weighted by molar-refractivity contribution is 5.86. The number of allylic oxidation sites excluding steroid dienone is 1. The molecular formula is C9H14O2. The summed E-state index contributed by atoms with van der Waals surface area (Å²) in [5.41, 5.74) is 0.440. The van der Waals surface area contributed by atoms with Gasteiger partial charge in [-0.3, -0.25) is 0 Å². The minimum atomic E-state index is -0.328.